The van der Waals surface area contributed by atoms with Crippen molar-refractivity contribution >= 4 is 35.6 Å². The molecule has 6 rings (SSSR count). The molecule has 2 aromatic carbocycles. The van der Waals surface area contributed by atoms with E-state index in [1.807, 2.05) is 17.3 Å². The van der Waals surface area contributed by atoms with E-state index in [2.05, 4.69) is 16.6 Å². The number of unbranched alkanes of at least 4 members (excludes halogenated alkanes) is 2. The molecule has 2 fully saturated rings. The molecule has 0 N–H and O–H groups in total. The van der Waals surface area contributed by atoms with Gasteiger partial charge in [-0.05, 0) is 50.7 Å². The normalized spacial score (nSPS) is 20.5. The molecule has 4 aliphatic heterocycles. The Bertz CT molecular complexity index is 1470. The number of fused-ring (bicyclic) bond motifs is 4. The number of amides is 2. The van der Waals surface area contributed by atoms with Gasteiger partial charge in [-0.1, -0.05) is 12.2 Å². The topological polar surface area (TPSA) is 102 Å². The Morgan fingerprint density at radius 2 is 1.36 bits per heavy atom. The molecule has 42 heavy (non-hydrogen) atoms. The first-order valence-electron chi connectivity index (χ1n) is 14.5. The third-order valence-corrected chi connectivity index (χ3v) is 8.21. The Balaban J connectivity index is 1.02. The number of methoxy groups -OCH3 is 2. The quantitative estimate of drug-likeness (QED) is 0.289. The third kappa shape index (κ3) is 5.33. The number of hydrogen-bond donors (Lipinski definition) is 0. The number of carbonyl (C=O) groups excluding carboxylic acids is 2. The second-order valence-electron chi connectivity index (χ2n) is 11.0. The lowest BCUT2D eigenvalue weighted by Crippen LogP contribution is -2.35. The SMILES string of the molecule is C=C1C[C@H]2C=Nc3cc(OCCCCCOc4cc5c(cc4OC)C(=O)N4CCC[C@H]4C=N5)c(OC)cc3C(=O)N2C1. The third-order valence-electron chi connectivity index (χ3n) is 8.21. The van der Waals surface area contributed by atoms with Crippen LogP contribution in [0.3, 0.4) is 0 Å². The van der Waals surface area contributed by atoms with Crippen molar-refractivity contribution < 1.29 is 28.5 Å². The number of nitrogens with zero attached hydrogens (tertiary/aromatic N) is 4. The summed E-state index contributed by atoms with van der Waals surface area (Å²) in [5.74, 6) is 2.10. The Hall–Kier alpha value is -4.34. The van der Waals surface area contributed by atoms with Crippen molar-refractivity contribution in [3.8, 4) is 23.0 Å². The van der Waals surface area contributed by atoms with Gasteiger partial charge in [0.25, 0.3) is 11.8 Å². The summed E-state index contributed by atoms with van der Waals surface area (Å²) in [5.41, 5.74) is 3.29. The maximum atomic E-state index is 13.2. The molecule has 2 aromatic rings. The molecule has 2 saturated heterocycles. The fourth-order valence-electron chi connectivity index (χ4n) is 5.97. The fraction of sp³-hybridized carbons (Fsp3) is 0.438. The lowest BCUT2D eigenvalue weighted by molar-refractivity contribution is 0.0768. The van der Waals surface area contributed by atoms with Crippen LogP contribution in [0.5, 0.6) is 23.0 Å². The molecule has 2 amide bonds. The van der Waals surface area contributed by atoms with Gasteiger partial charge in [-0.2, -0.15) is 0 Å². The van der Waals surface area contributed by atoms with Crippen molar-refractivity contribution in [3.05, 3.63) is 47.5 Å². The molecule has 0 spiro atoms. The fourth-order valence-corrected chi connectivity index (χ4v) is 5.97. The maximum Gasteiger partial charge on any atom is 0.257 e. The van der Waals surface area contributed by atoms with Crippen LogP contribution >= 0.6 is 0 Å². The first-order valence-corrected chi connectivity index (χ1v) is 14.5. The minimum absolute atomic E-state index is 0.00835. The summed E-state index contributed by atoms with van der Waals surface area (Å²) < 4.78 is 23.2. The number of hydrogen-bond acceptors (Lipinski definition) is 8. The van der Waals surface area contributed by atoms with Crippen molar-refractivity contribution in [1.82, 2.24) is 9.80 Å². The van der Waals surface area contributed by atoms with E-state index in [1.165, 1.54) is 0 Å². The van der Waals surface area contributed by atoms with Gasteiger partial charge in [-0.3, -0.25) is 19.6 Å². The Kier molecular flexibility index (Phi) is 7.86. The lowest BCUT2D eigenvalue weighted by Gasteiger charge is -2.20. The van der Waals surface area contributed by atoms with Gasteiger partial charge in [-0.15, -0.1) is 0 Å². The van der Waals surface area contributed by atoms with E-state index < -0.39 is 0 Å². The number of benzene rings is 2. The summed E-state index contributed by atoms with van der Waals surface area (Å²) >= 11 is 0. The predicted octanol–water partition coefficient (Wildman–Crippen LogP) is 5.14. The molecular weight excluding hydrogens is 536 g/mol. The van der Waals surface area contributed by atoms with Crippen LogP contribution in [0.2, 0.25) is 0 Å². The van der Waals surface area contributed by atoms with Gasteiger partial charge in [0, 0.05) is 37.7 Å². The van der Waals surface area contributed by atoms with Crippen LogP contribution in [0, 0.1) is 0 Å². The molecule has 10 nitrogen and oxygen atoms in total. The van der Waals surface area contributed by atoms with Crippen LogP contribution in [0.4, 0.5) is 11.4 Å². The lowest BCUT2D eigenvalue weighted by atomic mass is 10.1. The number of aliphatic imine (C=N–C) groups is 2. The zero-order valence-electron chi connectivity index (χ0n) is 24.1. The standard InChI is InChI=1S/C32H36N4O6/c1-20-12-22-18-34-26-16-30(28(40-3)14-24(26)32(38)36(22)19-20)42-11-6-4-5-10-41-29-15-25-23(13-27(29)39-2)31(37)35-9-7-8-21(35)17-33-25/h13-18,21-22H,1,4-12,19H2,2-3H3/t21-,22-/m0/s1. The molecule has 0 aromatic heterocycles. The van der Waals surface area contributed by atoms with Crippen LogP contribution in [0.25, 0.3) is 0 Å². The van der Waals surface area contributed by atoms with Gasteiger partial charge in [0.15, 0.2) is 23.0 Å². The molecule has 0 radical (unpaired) electrons. The predicted molar refractivity (Wildman–Crippen MR) is 160 cm³/mol. The first-order chi connectivity index (χ1) is 20.5. The van der Waals surface area contributed by atoms with Gasteiger partial charge in [0.1, 0.15) is 0 Å². The smallest absolute Gasteiger partial charge is 0.257 e. The van der Waals surface area contributed by atoms with Gasteiger partial charge >= 0.3 is 0 Å². The van der Waals surface area contributed by atoms with E-state index in [4.69, 9.17) is 18.9 Å². The van der Waals surface area contributed by atoms with E-state index in [-0.39, 0.29) is 23.9 Å². The Labute approximate surface area is 245 Å². The highest BCUT2D eigenvalue weighted by Crippen LogP contribution is 2.40. The maximum absolute atomic E-state index is 13.2. The highest BCUT2D eigenvalue weighted by molar-refractivity contribution is 6.04. The van der Waals surface area contributed by atoms with Gasteiger partial charge in [-0.25, -0.2) is 0 Å². The zero-order chi connectivity index (χ0) is 29.2. The average molecular weight is 573 g/mol. The van der Waals surface area contributed by atoms with E-state index >= 15 is 0 Å². The van der Waals surface area contributed by atoms with Crippen molar-refractivity contribution in [2.24, 2.45) is 9.98 Å². The monoisotopic (exact) mass is 572 g/mol. The summed E-state index contributed by atoms with van der Waals surface area (Å²) in [6.45, 7) is 6.30. The molecule has 0 bridgehead atoms. The number of rotatable bonds is 10. The highest BCUT2D eigenvalue weighted by Gasteiger charge is 2.35. The molecule has 2 atom stereocenters. The summed E-state index contributed by atoms with van der Waals surface area (Å²) in [6, 6.07) is 7.04. The second-order valence-corrected chi connectivity index (χ2v) is 11.0. The zero-order valence-corrected chi connectivity index (χ0v) is 24.1. The van der Waals surface area contributed by atoms with E-state index in [0.29, 0.717) is 65.3 Å². The molecule has 4 aliphatic rings. The van der Waals surface area contributed by atoms with Crippen molar-refractivity contribution in [1.29, 1.82) is 0 Å². The van der Waals surface area contributed by atoms with E-state index in [0.717, 1.165) is 50.6 Å². The molecule has 220 valence electrons. The summed E-state index contributed by atoms with van der Waals surface area (Å²) in [4.78, 5) is 39.1. The van der Waals surface area contributed by atoms with Crippen molar-refractivity contribution in [3.63, 3.8) is 0 Å². The van der Waals surface area contributed by atoms with Crippen LogP contribution in [0.1, 0.15) is 59.2 Å². The van der Waals surface area contributed by atoms with Gasteiger partial charge < -0.3 is 28.7 Å². The van der Waals surface area contributed by atoms with E-state index in [1.54, 1.807) is 43.4 Å². The average Bonchev–Trinajstić information content (AvgIpc) is 3.57. The highest BCUT2D eigenvalue weighted by atomic mass is 16.5. The van der Waals surface area contributed by atoms with Crippen molar-refractivity contribution in [2.75, 3.05) is 40.5 Å². The number of carbonyl (C=O) groups is 2. The van der Waals surface area contributed by atoms with Crippen LogP contribution in [0.15, 0.2) is 46.4 Å². The number of ether oxygens (including phenoxy) is 4. The summed E-state index contributed by atoms with van der Waals surface area (Å²) in [5, 5.41) is 0. The summed E-state index contributed by atoms with van der Waals surface area (Å²) in [7, 11) is 3.14. The van der Waals surface area contributed by atoms with Gasteiger partial charge in [0.05, 0.1) is 62.0 Å². The molecule has 10 heteroatoms. The minimum Gasteiger partial charge on any atom is -0.493 e. The molecule has 0 saturated carbocycles. The summed E-state index contributed by atoms with van der Waals surface area (Å²) in [6.07, 6.45) is 8.86. The van der Waals surface area contributed by atoms with Gasteiger partial charge in [0.2, 0.25) is 0 Å². The van der Waals surface area contributed by atoms with Crippen LogP contribution in [-0.4, -0.2) is 86.6 Å². The molecule has 0 aliphatic carbocycles. The Morgan fingerprint density at radius 3 is 1.95 bits per heavy atom. The Morgan fingerprint density at radius 1 is 0.786 bits per heavy atom. The molecule has 0 unspecified atom stereocenters. The van der Waals surface area contributed by atoms with Crippen LogP contribution < -0.4 is 18.9 Å². The first kappa shape index (κ1) is 27.8. The second kappa shape index (κ2) is 11.9. The largest absolute Gasteiger partial charge is 0.493 e. The molecular formula is C32H36N4O6. The molecule has 4 heterocycles. The van der Waals surface area contributed by atoms with E-state index in [9.17, 15) is 9.59 Å². The van der Waals surface area contributed by atoms with Crippen molar-refractivity contribution in [2.45, 2.75) is 50.6 Å². The minimum atomic E-state index is -0.0687. The van der Waals surface area contributed by atoms with Crippen LogP contribution in [-0.2, 0) is 0 Å².